The van der Waals surface area contributed by atoms with Gasteiger partial charge < -0.3 is 5.11 Å². The van der Waals surface area contributed by atoms with Gasteiger partial charge in [0, 0.05) is 19.7 Å². The van der Waals surface area contributed by atoms with Crippen LogP contribution in [0.5, 0.6) is 0 Å². The van der Waals surface area contributed by atoms with E-state index in [2.05, 4.69) is 21.0 Å². The first kappa shape index (κ1) is 15.7. The highest BCUT2D eigenvalue weighted by Crippen LogP contribution is 2.27. The summed E-state index contributed by atoms with van der Waals surface area (Å²) in [6.07, 6.45) is 0.385. The molecule has 0 bridgehead atoms. The van der Waals surface area contributed by atoms with Crippen LogP contribution in [-0.2, 0) is 23.3 Å². The topological polar surface area (TPSA) is 72.2 Å². The van der Waals surface area contributed by atoms with Gasteiger partial charge in [0.2, 0.25) is 0 Å². The van der Waals surface area contributed by atoms with Crippen molar-refractivity contribution < 1.29 is 13.5 Å². The molecule has 0 aromatic carbocycles. The van der Waals surface area contributed by atoms with Crippen LogP contribution in [0.25, 0.3) is 0 Å². The fourth-order valence-corrected chi connectivity index (χ4v) is 2.65. The lowest BCUT2D eigenvalue weighted by Gasteiger charge is -2.28. The third kappa shape index (κ3) is 2.78. The summed E-state index contributed by atoms with van der Waals surface area (Å²) in [7, 11) is -1.56. The van der Waals surface area contributed by atoms with Gasteiger partial charge in [-0.05, 0) is 36.7 Å². The zero-order chi connectivity index (χ0) is 14.3. The molecule has 1 rings (SSSR count). The van der Waals surface area contributed by atoms with Crippen LogP contribution in [0.2, 0.25) is 0 Å². The molecular weight excluding hydrogens is 320 g/mol. The number of aromatic nitrogens is 2. The summed E-state index contributed by atoms with van der Waals surface area (Å²) in [5.74, 6) is 0. The summed E-state index contributed by atoms with van der Waals surface area (Å²) >= 11 is 3.40. The van der Waals surface area contributed by atoms with Crippen molar-refractivity contribution in [2.45, 2.75) is 38.0 Å². The molecule has 0 amide bonds. The zero-order valence-electron chi connectivity index (χ0n) is 11.2. The van der Waals surface area contributed by atoms with Gasteiger partial charge in [0.15, 0.2) is 9.84 Å². The van der Waals surface area contributed by atoms with Crippen LogP contribution >= 0.6 is 15.9 Å². The Balaban J connectivity index is 3.06. The smallest absolute Gasteiger partial charge is 0.155 e. The van der Waals surface area contributed by atoms with Gasteiger partial charge in [0.05, 0.1) is 26.7 Å². The van der Waals surface area contributed by atoms with Crippen molar-refractivity contribution in [1.82, 2.24) is 9.78 Å². The summed E-state index contributed by atoms with van der Waals surface area (Å²) in [6, 6.07) is 0. The zero-order valence-corrected chi connectivity index (χ0v) is 13.6. The summed E-state index contributed by atoms with van der Waals surface area (Å²) < 4.78 is 24.6. The Morgan fingerprint density at radius 1 is 1.50 bits per heavy atom. The number of aliphatic hydroxyl groups excluding tert-OH is 1. The number of hydrogen-bond acceptors (Lipinski definition) is 4. The van der Waals surface area contributed by atoms with Gasteiger partial charge in [0.1, 0.15) is 0 Å². The Morgan fingerprint density at radius 3 is 2.33 bits per heavy atom. The van der Waals surface area contributed by atoms with E-state index < -0.39 is 20.7 Å². The predicted molar refractivity (Wildman–Crippen MR) is 74.3 cm³/mol. The molecule has 1 N–H and O–H groups in total. The predicted octanol–water partition coefficient (Wildman–Crippen LogP) is 1.22. The van der Waals surface area contributed by atoms with E-state index in [0.717, 1.165) is 22.1 Å². The van der Waals surface area contributed by atoms with Crippen LogP contribution in [-0.4, -0.2) is 40.4 Å². The van der Waals surface area contributed by atoms with Gasteiger partial charge >= 0.3 is 0 Å². The van der Waals surface area contributed by atoms with Crippen LogP contribution in [0, 0.1) is 6.92 Å². The Hall–Kier alpha value is -0.400. The van der Waals surface area contributed by atoms with Crippen LogP contribution < -0.4 is 0 Å². The highest BCUT2D eigenvalue weighted by Gasteiger charge is 2.38. The minimum absolute atomic E-state index is 0.234. The maximum atomic E-state index is 11.7. The van der Waals surface area contributed by atoms with Gasteiger partial charge in [-0.3, -0.25) is 4.68 Å². The largest absolute Gasteiger partial charge is 0.391 e. The molecule has 0 saturated carbocycles. The second kappa shape index (κ2) is 4.94. The van der Waals surface area contributed by atoms with Crippen molar-refractivity contribution in [1.29, 1.82) is 0 Å². The number of sulfone groups is 1. The molecule has 0 fully saturated rings. The fourth-order valence-electron chi connectivity index (χ4n) is 1.58. The Kier molecular flexibility index (Phi) is 4.30. The van der Waals surface area contributed by atoms with Gasteiger partial charge in [-0.15, -0.1) is 0 Å². The first-order chi connectivity index (χ1) is 7.98. The molecule has 1 atom stereocenters. The standard InChI is InChI=1S/C11H19BrN2O3S/c1-7-10(12)8(14(4)13-7)6-9(15)11(2,3)18(5,16)17/h9,15H,6H2,1-5H3. The Bertz CT molecular complexity index is 549. The average Bonchev–Trinajstić information content (AvgIpc) is 2.43. The third-order valence-electron chi connectivity index (χ3n) is 3.41. The quantitative estimate of drug-likeness (QED) is 0.895. The second-order valence-corrected chi connectivity index (χ2v) is 8.45. The molecule has 1 aromatic heterocycles. The number of aryl methyl sites for hydroxylation is 2. The molecule has 5 nitrogen and oxygen atoms in total. The van der Waals surface area contributed by atoms with Crippen molar-refractivity contribution in [3.63, 3.8) is 0 Å². The molecule has 0 radical (unpaired) electrons. The van der Waals surface area contributed by atoms with E-state index in [1.165, 1.54) is 13.8 Å². The molecule has 7 heteroatoms. The Labute approximate surface area is 116 Å². The molecule has 1 unspecified atom stereocenters. The lowest BCUT2D eigenvalue weighted by Crippen LogP contribution is -2.44. The van der Waals surface area contributed by atoms with E-state index in [4.69, 9.17) is 0 Å². The minimum atomic E-state index is -3.34. The average molecular weight is 339 g/mol. The van der Waals surface area contributed by atoms with Crippen molar-refractivity contribution in [2.75, 3.05) is 6.26 Å². The molecule has 18 heavy (non-hydrogen) atoms. The first-order valence-electron chi connectivity index (χ1n) is 5.54. The number of aliphatic hydroxyl groups is 1. The van der Waals surface area contributed by atoms with E-state index in [1.807, 2.05) is 6.92 Å². The first-order valence-corrected chi connectivity index (χ1v) is 8.22. The number of rotatable bonds is 4. The number of hydrogen-bond donors (Lipinski definition) is 1. The van der Waals surface area contributed by atoms with E-state index in [-0.39, 0.29) is 6.42 Å². The molecule has 0 spiro atoms. The highest BCUT2D eigenvalue weighted by atomic mass is 79.9. The second-order valence-electron chi connectivity index (χ2n) is 5.07. The monoisotopic (exact) mass is 338 g/mol. The van der Waals surface area contributed by atoms with Gasteiger partial charge in [-0.2, -0.15) is 5.10 Å². The summed E-state index contributed by atoms with van der Waals surface area (Å²) in [5.41, 5.74) is 1.61. The molecular formula is C11H19BrN2O3S. The Morgan fingerprint density at radius 2 is 2.00 bits per heavy atom. The fraction of sp³-hybridized carbons (Fsp3) is 0.727. The molecule has 0 saturated heterocycles. The van der Waals surface area contributed by atoms with Crippen LogP contribution in [0.3, 0.4) is 0 Å². The van der Waals surface area contributed by atoms with Crippen molar-refractivity contribution in [2.24, 2.45) is 7.05 Å². The third-order valence-corrected chi connectivity index (χ3v) is 6.62. The lowest BCUT2D eigenvalue weighted by molar-refractivity contribution is 0.135. The van der Waals surface area contributed by atoms with Crippen LogP contribution in [0.15, 0.2) is 4.47 Å². The lowest BCUT2D eigenvalue weighted by atomic mass is 10.0. The van der Waals surface area contributed by atoms with E-state index in [1.54, 1.807) is 11.7 Å². The normalized spacial score (nSPS) is 14.8. The summed E-state index contributed by atoms with van der Waals surface area (Å²) in [5, 5.41) is 14.4. The number of nitrogens with zero attached hydrogens (tertiary/aromatic N) is 2. The molecule has 104 valence electrons. The van der Waals surface area contributed by atoms with Crippen LogP contribution in [0.4, 0.5) is 0 Å². The summed E-state index contributed by atoms with van der Waals surface area (Å²) in [6.45, 7) is 4.91. The van der Waals surface area contributed by atoms with E-state index in [0.29, 0.717) is 0 Å². The van der Waals surface area contributed by atoms with Crippen molar-refractivity contribution >= 4 is 25.8 Å². The maximum Gasteiger partial charge on any atom is 0.155 e. The molecule has 1 aromatic rings. The molecule has 0 aliphatic carbocycles. The van der Waals surface area contributed by atoms with E-state index >= 15 is 0 Å². The summed E-state index contributed by atoms with van der Waals surface area (Å²) in [4.78, 5) is 0. The van der Waals surface area contributed by atoms with E-state index in [9.17, 15) is 13.5 Å². The maximum absolute atomic E-state index is 11.7. The van der Waals surface area contributed by atoms with Gasteiger partial charge in [0.25, 0.3) is 0 Å². The highest BCUT2D eigenvalue weighted by molar-refractivity contribution is 9.10. The molecule has 0 aliphatic heterocycles. The van der Waals surface area contributed by atoms with Gasteiger partial charge in [-0.1, -0.05) is 0 Å². The van der Waals surface area contributed by atoms with Crippen LogP contribution in [0.1, 0.15) is 25.2 Å². The van der Waals surface area contributed by atoms with Crippen molar-refractivity contribution in [3.8, 4) is 0 Å². The SMILES string of the molecule is Cc1nn(C)c(CC(O)C(C)(C)S(C)(=O)=O)c1Br. The minimum Gasteiger partial charge on any atom is -0.391 e. The van der Waals surface area contributed by atoms with Crippen molar-refractivity contribution in [3.05, 3.63) is 15.9 Å². The van der Waals surface area contributed by atoms with Gasteiger partial charge in [-0.25, -0.2) is 8.42 Å². The number of halogens is 1. The molecule has 0 aliphatic rings. The molecule has 1 heterocycles.